The van der Waals surface area contributed by atoms with E-state index in [1.54, 1.807) is 7.05 Å². The maximum atomic E-state index is 10.7. The molecule has 0 aromatic heterocycles. The summed E-state index contributed by atoms with van der Waals surface area (Å²) >= 11 is 3.34. The van der Waals surface area contributed by atoms with Crippen LogP contribution >= 0.6 is 15.9 Å². The number of carboxylic acids is 1. The summed E-state index contributed by atoms with van der Waals surface area (Å²) < 4.78 is 10.9. The molecular weight excluding hydrogens is 366 g/mol. The van der Waals surface area contributed by atoms with Crippen molar-refractivity contribution in [1.29, 1.82) is 0 Å². The molecule has 0 radical (unpaired) electrons. The maximum absolute atomic E-state index is 10.7. The number of carbonyl (C=O) groups is 2. The molecule has 6 nitrogen and oxygen atoms in total. The van der Waals surface area contributed by atoms with E-state index in [0.717, 1.165) is 10.0 Å². The molecule has 0 heterocycles. The number of hydrogen-bond acceptors (Lipinski definition) is 5. The van der Waals surface area contributed by atoms with E-state index in [4.69, 9.17) is 9.84 Å². The molecule has 23 heavy (non-hydrogen) atoms. The second-order valence-corrected chi connectivity index (χ2v) is 6.56. The summed E-state index contributed by atoms with van der Waals surface area (Å²) in [5.74, 6) is -0.904. The number of aliphatic carboxylic acids is 1. The van der Waals surface area contributed by atoms with E-state index < -0.39 is 12.0 Å². The monoisotopic (exact) mass is 389 g/mol. The molecule has 7 heteroatoms. The van der Waals surface area contributed by atoms with E-state index in [1.165, 1.54) is 0 Å². The molecule has 1 atom stereocenters. The van der Waals surface area contributed by atoms with Gasteiger partial charge >= 0.3 is 5.97 Å². The van der Waals surface area contributed by atoms with E-state index in [1.807, 2.05) is 45.0 Å². The highest BCUT2D eigenvalue weighted by atomic mass is 79.9. The summed E-state index contributed by atoms with van der Waals surface area (Å²) in [5, 5.41) is 11.4. The van der Waals surface area contributed by atoms with Crippen molar-refractivity contribution in [2.24, 2.45) is 0 Å². The van der Waals surface area contributed by atoms with Crippen LogP contribution in [-0.4, -0.2) is 42.8 Å². The van der Waals surface area contributed by atoms with Crippen LogP contribution in [0.5, 0.6) is 0 Å². The SMILES string of the molecule is CC(C)(C)OC=O.CNC(COCc1ccc(Br)cc1)C(=O)O. The van der Waals surface area contributed by atoms with Gasteiger partial charge in [0.05, 0.1) is 13.2 Å². The molecule has 0 bridgehead atoms. The Labute approximate surface area is 145 Å². The van der Waals surface area contributed by atoms with Crippen molar-refractivity contribution in [3.05, 3.63) is 34.3 Å². The van der Waals surface area contributed by atoms with Crippen molar-refractivity contribution < 1.29 is 24.2 Å². The Hall–Kier alpha value is -1.44. The number of hydrogen-bond donors (Lipinski definition) is 2. The second-order valence-electron chi connectivity index (χ2n) is 5.65. The number of carbonyl (C=O) groups excluding carboxylic acids is 1. The van der Waals surface area contributed by atoms with Gasteiger partial charge in [0.25, 0.3) is 6.47 Å². The van der Waals surface area contributed by atoms with Gasteiger partial charge in [0, 0.05) is 4.47 Å². The zero-order valence-electron chi connectivity index (χ0n) is 13.8. The average Bonchev–Trinajstić information content (AvgIpc) is 2.44. The number of likely N-dealkylation sites (N-methyl/N-ethyl adjacent to an activating group) is 1. The zero-order valence-corrected chi connectivity index (χ0v) is 15.4. The molecule has 0 aliphatic rings. The molecule has 0 fully saturated rings. The lowest BCUT2D eigenvalue weighted by Gasteiger charge is -2.14. The van der Waals surface area contributed by atoms with Crippen molar-refractivity contribution in [1.82, 2.24) is 5.32 Å². The molecule has 0 aliphatic heterocycles. The van der Waals surface area contributed by atoms with Gasteiger partial charge in [-0.15, -0.1) is 0 Å². The first-order chi connectivity index (χ1) is 10.7. The lowest BCUT2D eigenvalue weighted by Crippen LogP contribution is -2.37. The van der Waals surface area contributed by atoms with Crippen molar-refractivity contribution in [2.75, 3.05) is 13.7 Å². The predicted molar refractivity (Wildman–Crippen MR) is 91.2 cm³/mol. The summed E-state index contributed by atoms with van der Waals surface area (Å²) in [6.07, 6.45) is 0. The van der Waals surface area contributed by atoms with Gasteiger partial charge in [-0.25, -0.2) is 0 Å². The van der Waals surface area contributed by atoms with E-state index in [9.17, 15) is 9.59 Å². The van der Waals surface area contributed by atoms with Gasteiger partial charge in [0.1, 0.15) is 11.6 Å². The van der Waals surface area contributed by atoms with Gasteiger partial charge in [-0.3, -0.25) is 9.59 Å². The number of nitrogens with one attached hydrogen (secondary N) is 1. The van der Waals surface area contributed by atoms with Crippen LogP contribution in [-0.2, 0) is 25.7 Å². The summed E-state index contributed by atoms with van der Waals surface area (Å²) in [5.41, 5.74) is 0.699. The molecular formula is C16H24BrNO5. The minimum atomic E-state index is -0.904. The first-order valence-electron chi connectivity index (χ1n) is 7.03. The molecule has 1 aromatic carbocycles. The third-order valence-corrected chi connectivity index (χ3v) is 3.04. The summed E-state index contributed by atoms with van der Waals surface area (Å²) in [6.45, 7) is 6.49. The highest BCUT2D eigenvalue weighted by Gasteiger charge is 2.14. The normalized spacial score (nSPS) is 11.9. The Morgan fingerprint density at radius 2 is 1.91 bits per heavy atom. The minimum Gasteiger partial charge on any atom is -0.480 e. The third-order valence-electron chi connectivity index (χ3n) is 2.51. The first-order valence-corrected chi connectivity index (χ1v) is 7.82. The van der Waals surface area contributed by atoms with Crippen molar-refractivity contribution in [3.8, 4) is 0 Å². The van der Waals surface area contributed by atoms with E-state index >= 15 is 0 Å². The van der Waals surface area contributed by atoms with Crippen LogP contribution in [0.25, 0.3) is 0 Å². The molecule has 0 spiro atoms. The van der Waals surface area contributed by atoms with Gasteiger partial charge in [-0.1, -0.05) is 28.1 Å². The Morgan fingerprint density at radius 3 is 2.26 bits per heavy atom. The van der Waals surface area contributed by atoms with Crippen LogP contribution in [0.3, 0.4) is 0 Å². The maximum Gasteiger partial charge on any atom is 0.323 e. The molecule has 1 unspecified atom stereocenters. The van der Waals surface area contributed by atoms with Crippen LogP contribution in [0, 0.1) is 0 Å². The van der Waals surface area contributed by atoms with Crippen LogP contribution in [0.1, 0.15) is 26.3 Å². The van der Waals surface area contributed by atoms with Crippen LogP contribution in [0.15, 0.2) is 28.7 Å². The summed E-state index contributed by atoms with van der Waals surface area (Å²) in [4.78, 5) is 20.3. The van der Waals surface area contributed by atoms with Crippen LogP contribution in [0.2, 0.25) is 0 Å². The number of halogens is 1. The molecule has 130 valence electrons. The van der Waals surface area contributed by atoms with Gasteiger partial charge in [0.15, 0.2) is 0 Å². The number of ether oxygens (including phenoxy) is 2. The lowest BCUT2D eigenvalue weighted by atomic mass is 10.2. The fraction of sp³-hybridized carbons (Fsp3) is 0.500. The van der Waals surface area contributed by atoms with Crippen LogP contribution in [0.4, 0.5) is 0 Å². The highest BCUT2D eigenvalue weighted by molar-refractivity contribution is 9.10. The molecule has 0 aliphatic carbocycles. The first kappa shape index (κ1) is 21.6. The molecule has 0 saturated carbocycles. The smallest absolute Gasteiger partial charge is 0.323 e. The molecule has 0 amide bonds. The zero-order chi connectivity index (χ0) is 17.9. The third kappa shape index (κ3) is 11.7. The second kappa shape index (κ2) is 11.2. The Bertz CT molecular complexity index is 470. The van der Waals surface area contributed by atoms with Gasteiger partial charge in [-0.2, -0.15) is 0 Å². The fourth-order valence-corrected chi connectivity index (χ4v) is 1.56. The van der Waals surface area contributed by atoms with Gasteiger partial charge < -0.3 is 19.9 Å². The Morgan fingerprint density at radius 1 is 1.35 bits per heavy atom. The number of rotatable bonds is 7. The van der Waals surface area contributed by atoms with Crippen molar-refractivity contribution in [3.63, 3.8) is 0 Å². The van der Waals surface area contributed by atoms with Crippen molar-refractivity contribution in [2.45, 2.75) is 39.0 Å². The van der Waals surface area contributed by atoms with Crippen molar-refractivity contribution >= 4 is 28.4 Å². The highest BCUT2D eigenvalue weighted by Crippen LogP contribution is 2.11. The fourth-order valence-electron chi connectivity index (χ4n) is 1.30. The molecule has 2 N–H and O–H groups in total. The van der Waals surface area contributed by atoms with Gasteiger partial charge in [-0.05, 0) is 45.5 Å². The van der Waals surface area contributed by atoms with E-state index in [-0.39, 0.29) is 12.2 Å². The Kier molecular flexibility index (Phi) is 10.5. The standard InChI is InChI=1S/C11H14BrNO3.C5H10O2/c1-13-10(11(14)15)7-16-6-8-2-4-9(12)5-3-8;1-5(2,3)7-4-6/h2-5,10,13H,6-7H2,1H3,(H,14,15);4H,1-3H3. The molecule has 1 aromatic rings. The predicted octanol–water partition coefficient (Wildman–Crippen LogP) is 2.60. The topological polar surface area (TPSA) is 84.9 Å². The Balaban J connectivity index is 0.000000585. The number of benzene rings is 1. The lowest BCUT2D eigenvalue weighted by molar-refractivity contribution is -0.141. The van der Waals surface area contributed by atoms with Gasteiger partial charge in [0.2, 0.25) is 0 Å². The number of carboxylic acid groups (broad SMARTS) is 1. The largest absolute Gasteiger partial charge is 0.480 e. The summed E-state index contributed by atoms with van der Waals surface area (Å²) in [7, 11) is 1.60. The average molecular weight is 390 g/mol. The molecule has 0 saturated heterocycles. The molecule has 1 rings (SSSR count). The minimum absolute atomic E-state index is 0.155. The quantitative estimate of drug-likeness (QED) is 0.697. The van der Waals surface area contributed by atoms with E-state index in [2.05, 4.69) is 26.0 Å². The van der Waals surface area contributed by atoms with E-state index in [0.29, 0.717) is 13.1 Å². The summed E-state index contributed by atoms with van der Waals surface area (Å²) in [6, 6.07) is 7.05. The van der Waals surface area contributed by atoms with Crippen LogP contribution < -0.4 is 5.32 Å².